The van der Waals surface area contributed by atoms with Crippen LogP contribution in [0.25, 0.3) is 0 Å². The molecule has 1 aliphatic rings. The first-order chi connectivity index (χ1) is 9.69. The number of amides is 1. The maximum atomic E-state index is 12.0. The van der Waals surface area contributed by atoms with Gasteiger partial charge in [0, 0.05) is 18.8 Å². The topological polar surface area (TPSA) is 73.6 Å². The lowest BCUT2D eigenvalue weighted by Crippen LogP contribution is -2.30. The van der Waals surface area contributed by atoms with Gasteiger partial charge in [-0.3, -0.25) is 4.79 Å². The molecule has 2 rings (SSSR count). The largest absolute Gasteiger partial charge is 0.376 e. The Hall–Kier alpha value is -1.43. The third-order valence-electron chi connectivity index (χ3n) is 3.36. The molecular weight excluding hydrogens is 256 g/mol. The van der Waals surface area contributed by atoms with Crippen LogP contribution in [-0.2, 0) is 20.8 Å². The number of rotatable bonds is 6. The van der Waals surface area contributed by atoms with Crippen LogP contribution in [0.1, 0.15) is 25.3 Å². The summed E-state index contributed by atoms with van der Waals surface area (Å²) in [5.41, 5.74) is 7.30. The summed E-state index contributed by atoms with van der Waals surface area (Å²) < 4.78 is 11.0. The van der Waals surface area contributed by atoms with Gasteiger partial charge in [-0.25, -0.2) is 0 Å². The summed E-state index contributed by atoms with van der Waals surface area (Å²) >= 11 is 0. The Balaban J connectivity index is 1.80. The third kappa shape index (κ3) is 4.30. The van der Waals surface area contributed by atoms with E-state index >= 15 is 0 Å². The Morgan fingerprint density at radius 1 is 1.60 bits per heavy atom. The third-order valence-corrected chi connectivity index (χ3v) is 3.36. The smallest absolute Gasteiger partial charge is 0.253 e. The molecule has 1 saturated heterocycles. The van der Waals surface area contributed by atoms with Crippen molar-refractivity contribution in [3.63, 3.8) is 0 Å². The second-order valence-electron chi connectivity index (χ2n) is 5.00. The number of hydrogen-bond donors (Lipinski definition) is 2. The van der Waals surface area contributed by atoms with E-state index in [1.807, 2.05) is 24.3 Å². The summed E-state index contributed by atoms with van der Waals surface area (Å²) in [5, 5.41) is 2.83. The van der Waals surface area contributed by atoms with Gasteiger partial charge in [-0.2, -0.15) is 0 Å². The Labute approximate surface area is 119 Å². The summed E-state index contributed by atoms with van der Waals surface area (Å²) in [6.45, 7) is 3.46. The first-order valence-corrected chi connectivity index (χ1v) is 7.02. The number of hydrogen-bond acceptors (Lipinski definition) is 4. The zero-order valence-electron chi connectivity index (χ0n) is 11.8. The SMILES string of the molecule is CC(OCC1CCCO1)C(=O)Nc1cccc(CN)c1. The summed E-state index contributed by atoms with van der Waals surface area (Å²) in [6.07, 6.45) is 1.71. The van der Waals surface area contributed by atoms with Crippen LogP contribution in [0.15, 0.2) is 24.3 Å². The van der Waals surface area contributed by atoms with E-state index in [0.29, 0.717) is 13.2 Å². The second kappa shape index (κ2) is 7.38. The molecule has 0 saturated carbocycles. The fourth-order valence-corrected chi connectivity index (χ4v) is 2.12. The first kappa shape index (κ1) is 15.0. The van der Waals surface area contributed by atoms with Gasteiger partial charge in [0.1, 0.15) is 6.10 Å². The fraction of sp³-hybridized carbons (Fsp3) is 0.533. The minimum atomic E-state index is -0.499. The molecule has 5 heteroatoms. The van der Waals surface area contributed by atoms with Crippen LogP contribution in [0.3, 0.4) is 0 Å². The zero-order chi connectivity index (χ0) is 14.4. The van der Waals surface area contributed by atoms with Crippen molar-refractivity contribution in [3.05, 3.63) is 29.8 Å². The molecule has 5 nitrogen and oxygen atoms in total. The Morgan fingerprint density at radius 2 is 2.45 bits per heavy atom. The van der Waals surface area contributed by atoms with Crippen LogP contribution < -0.4 is 11.1 Å². The highest BCUT2D eigenvalue weighted by atomic mass is 16.5. The van der Waals surface area contributed by atoms with Gasteiger partial charge in [-0.1, -0.05) is 12.1 Å². The maximum Gasteiger partial charge on any atom is 0.253 e. The second-order valence-corrected chi connectivity index (χ2v) is 5.00. The lowest BCUT2D eigenvalue weighted by Gasteiger charge is -2.16. The minimum Gasteiger partial charge on any atom is -0.376 e. The van der Waals surface area contributed by atoms with E-state index in [0.717, 1.165) is 30.7 Å². The molecule has 2 unspecified atom stereocenters. The molecule has 1 aliphatic heterocycles. The molecule has 110 valence electrons. The van der Waals surface area contributed by atoms with Gasteiger partial charge in [-0.05, 0) is 37.5 Å². The number of benzene rings is 1. The molecular formula is C15H22N2O3. The van der Waals surface area contributed by atoms with Gasteiger partial charge in [0.05, 0.1) is 12.7 Å². The van der Waals surface area contributed by atoms with Crippen LogP contribution in [0, 0.1) is 0 Å². The van der Waals surface area contributed by atoms with Crippen LogP contribution in [-0.4, -0.2) is 31.3 Å². The van der Waals surface area contributed by atoms with Gasteiger partial charge in [0.25, 0.3) is 5.91 Å². The van der Waals surface area contributed by atoms with Crippen molar-refractivity contribution in [3.8, 4) is 0 Å². The fourth-order valence-electron chi connectivity index (χ4n) is 2.12. The standard InChI is InChI=1S/C15H22N2O3/c1-11(20-10-14-6-3-7-19-14)15(18)17-13-5-2-4-12(8-13)9-16/h2,4-5,8,11,14H,3,6-7,9-10,16H2,1H3,(H,17,18). The molecule has 0 aromatic heterocycles. The molecule has 0 radical (unpaired) electrons. The van der Waals surface area contributed by atoms with E-state index in [1.165, 1.54) is 0 Å². The molecule has 0 bridgehead atoms. The van der Waals surface area contributed by atoms with Crippen LogP contribution in [0.4, 0.5) is 5.69 Å². The number of carbonyl (C=O) groups is 1. The lowest BCUT2D eigenvalue weighted by molar-refractivity contribution is -0.128. The maximum absolute atomic E-state index is 12.0. The number of nitrogens with two attached hydrogens (primary N) is 1. The number of anilines is 1. The average molecular weight is 278 g/mol. The van der Waals surface area contributed by atoms with Crippen LogP contribution in [0.2, 0.25) is 0 Å². The normalized spacial score (nSPS) is 19.8. The molecule has 1 amide bonds. The summed E-state index contributed by atoms with van der Waals surface area (Å²) in [5.74, 6) is -0.155. The predicted octanol–water partition coefficient (Wildman–Crippen LogP) is 1.67. The monoisotopic (exact) mass is 278 g/mol. The van der Waals surface area contributed by atoms with Crippen molar-refractivity contribution in [1.29, 1.82) is 0 Å². The molecule has 0 aliphatic carbocycles. The highest BCUT2D eigenvalue weighted by Gasteiger charge is 2.19. The average Bonchev–Trinajstić information content (AvgIpc) is 2.98. The number of ether oxygens (including phenoxy) is 2. The van der Waals surface area contributed by atoms with E-state index in [1.54, 1.807) is 6.92 Å². The quantitative estimate of drug-likeness (QED) is 0.830. The van der Waals surface area contributed by atoms with Crippen LogP contribution in [0.5, 0.6) is 0 Å². The van der Waals surface area contributed by atoms with Crippen molar-refractivity contribution >= 4 is 11.6 Å². The van der Waals surface area contributed by atoms with Crippen LogP contribution >= 0.6 is 0 Å². The number of nitrogens with one attached hydrogen (secondary N) is 1. The van der Waals surface area contributed by atoms with Gasteiger partial charge >= 0.3 is 0 Å². The van der Waals surface area contributed by atoms with Gasteiger partial charge in [-0.15, -0.1) is 0 Å². The van der Waals surface area contributed by atoms with E-state index in [2.05, 4.69) is 5.32 Å². The van der Waals surface area contributed by atoms with Crippen molar-refractivity contribution in [1.82, 2.24) is 0 Å². The number of carbonyl (C=O) groups excluding carboxylic acids is 1. The minimum absolute atomic E-state index is 0.130. The van der Waals surface area contributed by atoms with Gasteiger partial charge < -0.3 is 20.5 Å². The molecule has 1 aromatic rings. The molecule has 2 atom stereocenters. The molecule has 0 spiro atoms. The summed E-state index contributed by atoms with van der Waals surface area (Å²) in [7, 11) is 0. The lowest BCUT2D eigenvalue weighted by atomic mass is 10.2. The van der Waals surface area contributed by atoms with Gasteiger partial charge in [0.2, 0.25) is 0 Å². The van der Waals surface area contributed by atoms with E-state index in [-0.39, 0.29) is 12.0 Å². The van der Waals surface area contributed by atoms with Crippen molar-refractivity contribution < 1.29 is 14.3 Å². The van der Waals surface area contributed by atoms with E-state index < -0.39 is 6.10 Å². The van der Waals surface area contributed by atoms with Crippen molar-refractivity contribution in [2.75, 3.05) is 18.5 Å². The van der Waals surface area contributed by atoms with Crippen molar-refractivity contribution in [2.45, 2.75) is 38.5 Å². The molecule has 1 aromatic carbocycles. The van der Waals surface area contributed by atoms with E-state index in [4.69, 9.17) is 15.2 Å². The summed E-state index contributed by atoms with van der Waals surface area (Å²) in [6, 6.07) is 7.50. The zero-order valence-corrected chi connectivity index (χ0v) is 11.8. The van der Waals surface area contributed by atoms with Crippen molar-refractivity contribution in [2.24, 2.45) is 5.73 Å². The van der Waals surface area contributed by atoms with E-state index in [9.17, 15) is 4.79 Å². The molecule has 1 heterocycles. The first-order valence-electron chi connectivity index (χ1n) is 7.02. The Kier molecular flexibility index (Phi) is 5.52. The van der Waals surface area contributed by atoms with Gasteiger partial charge in [0.15, 0.2) is 0 Å². The highest BCUT2D eigenvalue weighted by Crippen LogP contribution is 2.14. The highest BCUT2D eigenvalue weighted by molar-refractivity contribution is 5.93. The predicted molar refractivity (Wildman–Crippen MR) is 77.4 cm³/mol. The Morgan fingerprint density at radius 3 is 3.15 bits per heavy atom. The Bertz CT molecular complexity index is 444. The molecule has 1 fully saturated rings. The molecule has 20 heavy (non-hydrogen) atoms. The molecule has 3 N–H and O–H groups in total. The summed E-state index contributed by atoms with van der Waals surface area (Å²) in [4.78, 5) is 12.0.